The molecule has 0 unspecified atom stereocenters. The maximum absolute atomic E-state index is 11.7. The first-order valence-electron chi connectivity index (χ1n) is 6.24. The van der Waals surface area contributed by atoms with Crippen LogP contribution in [0.5, 0.6) is 5.75 Å². The molecule has 0 atom stereocenters. The fourth-order valence-electron chi connectivity index (χ4n) is 1.70. The third-order valence-electron chi connectivity index (χ3n) is 2.61. The van der Waals surface area contributed by atoms with Gasteiger partial charge in [-0.15, -0.1) is 0 Å². The first kappa shape index (κ1) is 13.1. The quantitative estimate of drug-likeness (QED) is 0.829. The average molecular weight is 259 g/mol. The van der Waals surface area contributed by atoms with Crippen LogP contribution in [0.1, 0.15) is 18.3 Å². The molecule has 0 saturated carbocycles. The zero-order chi connectivity index (χ0) is 13.5. The lowest BCUT2D eigenvalue weighted by atomic mass is 10.1. The van der Waals surface area contributed by atoms with E-state index >= 15 is 0 Å². The minimum Gasteiger partial charge on any atom is -0.494 e. The molecule has 0 spiro atoms. The number of ether oxygens (including phenoxy) is 1. The molecule has 0 aliphatic carbocycles. The Balaban J connectivity index is 1.81. The summed E-state index contributed by atoms with van der Waals surface area (Å²) in [6, 6.07) is 7.55. The number of aromatic amines is 1. The number of hydrogen-bond acceptors (Lipinski definition) is 3. The third kappa shape index (κ3) is 4.13. The Morgan fingerprint density at radius 3 is 2.79 bits per heavy atom. The molecule has 0 aliphatic rings. The van der Waals surface area contributed by atoms with Crippen molar-refractivity contribution in [1.29, 1.82) is 0 Å². The summed E-state index contributed by atoms with van der Waals surface area (Å²) < 4.78 is 5.35. The predicted octanol–water partition coefficient (Wildman–Crippen LogP) is 1.67. The van der Waals surface area contributed by atoms with E-state index in [-0.39, 0.29) is 5.91 Å². The number of amides is 1. The number of imidazole rings is 1. The summed E-state index contributed by atoms with van der Waals surface area (Å²) in [5.74, 6) is 1.54. The van der Waals surface area contributed by atoms with Crippen molar-refractivity contribution in [2.24, 2.45) is 0 Å². The van der Waals surface area contributed by atoms with Crippen LogP contribution in [0.2, 0.25) is 0 Å². The van der Waals surface area contributed by atoms with E-state index < -0.39 is 0 Å². The SMILES string of the molecule is CCOc1ccc(CC(=O)NCc2ncc[nH]2)cc1. The first-order chi connectivity index (χ1) is 9.28. The molecule has 2 N–H and O–H groups in total. The van der Waals surface area contributed by atoms with E-state index in [9.17, 15) is 4.79 Å². The van der Waals surface area contributed by atoms with Gasteiger partial charge in [-0.05, 0) is 24.6 Å². The monoisotopic (exact) mass is 259 g/mol. The first-order valence-corrected chi connectivity index (χ1v) is 6.24. The van der Waals surface area contributed by atoms with Gasteiger partial charge in [-0.2, -0.15) is 0 Å². The molecule has 0 fully saturated rings. The molecule has 0 bridgehead atoms. The van der Waals surface area contributed by atoms with Gasteiger partial charge in [0.2, 0.25) is 5.91 Å². The largest absolute Gasteiger partial charge is 0.494 e. The summed E-state index contributed by atoms with van der Waals surface area (Å²) >= 11 is 0. The van der Waals surface area contributed by atoms with Crippen LogP contribution in [0.25, 0.3) is 0 Å². The molecule has 19 heavy (non-hydrogen) atoms. The van der Waals surface area contributed by atoms with Crippen molar-refractivity contribution >= 4 is 5.91 Å². The number of hydrogen-bond donors (Lipinski definition) is 2. The topological polar surface area (TPSA) is 67.0 Å². The minimum atomic E-state index is -0.0273. The number of carbonyl (C=O) groups is 1. The molecule has 0 radical (unpaired) electrons. The van der Waals surface area contributed by atoms with Crippen molar-refractivity contribution in [2.45, 2.75) is 19.9 Å². The normalized spacial score (nSPS) is 10.2. The van der Waals surface area contributed by atoms with Gasteiger partial charge in [-0.3, -0.25) is 4.79 Å². The summed E-state index contributed by atoms with van der Waals surface area (Å²) in [6.45, 7) is 3.00. The predicted molar refractivity (Wildman–Crippen MR) is 71.7 cm³/mol. The van der Waals surface area contributed by atoms with Crippen LogP contribution >= 0.6 is 0 Å². The maximum Gasteiger partial charge on any atom is 0.224 e. The number of benzene rings is 1. The highest BCUT2D eigenvalue weighted by Crippen LogP contribution is 2.12. The van der Waals surface area contributed by atoms with Gasteiger partial charge in [0.15, 0.2) is 0 Å². The summed E-state index contributed by atoms with van der Waals surface area (Å²) in [7, 11) is 0. The number of H-pyrrole nitrogens is 1. The lowest BCUT2D eigenvalue weighted by Gasteiger charge is -2.05. The van der Waals surface area contributed by atoms with Gasteiger partial charge in [0.05, 0.1) is 19.6 Å². The van der Waals surface area contributed by atoms with Crippen LogP contribution in [-0.4, -0.2) is 22.5 Å². The third-order valence-corrected chi connectivity index (χ3v) is 2.61. The Morgan fingerprint density at radius 1 is 1.37 bits per heavy atom. The summed E-state index contributed by atoms with van der Waals surface area (Å²) in [6.07, 6.45) is 3.75. The fraction of sp³-hybridized carbons (Fsp3) is 0.286. The zero-order valence-corrected chi connectivity index (χ0v) is 10.8. The Kier molecular flexibility index (Phi) is 4.55. The average Bonchev–Trinajstić information content (AvgIpc) is 2.92. The molecular weight excluding hydrogens is 242 g/mol. The smallest absolute Gasteiger partial charge is 0.224 e. The second-order valence-corrected chi connectivity index (χ2v) is 4.07. The lowest BCUT2D eigenvalue weighted by Crippen LogP contribution is -2.25. The van der Waals surface area contributed by atoms with E-state index in [2.05, 4.69) is 15.3 Å². The van der Waals surface area contributed by atoms with Gasteiger partial charge in [0, 0.05) is 12.4 Å². The fourth-order valence-corrected chi connectivity index (χ4v) is 1.70. The molecule has 100 valence electrons. The number of nitrogens with zero attached hydrogens (tertiary/aromatic N) is 1. The molecule has 5 nitrogen and oxygen atoms in total. The summed E-state index contributed by atoms with van der Waals surface area (Å²) in [5.41, 5.74) is 0.959. The van der Waals surface area contributed by atoms with Crippen LogP contribution in [0, 0.1) is 0 Å². The van der Waals surface area contributed by atoms with Crippen molar-refractivity contribution in [2.75, 3.05) is 6.61 Å². The van der Waals surface area contributed by atoms with E-state index in [4.69, 9.17) is 4.74 Å². The van der Waals surface area contributed by atoms with Gasteiger partial charge < -0.3 is 15.0 Å². The van der Waals surface area contributed by atoms with Crippen molar-refractivity contribution < 1.29 is 9.53 Å². The van der Waals surface area contributed by atoms with Gasteiger partial charge in [0.25, 0.3) is 0 Å². The standard InChI is InChI=1S/C14H17N3O2/c1-2-19-12-5-3-11(4-6-12)9-14(18)17-10-13-15-7-8-16-13/h3-8H,2,9-10H2,1H3,(H,15,16)(H,17,18). The van der Waals surface area contributed by atoms with Crippen molar-refractivity contribution in [3.05, 3.63) is 48.0 Å². The zero-order valence-electron chi connectivity index (χ0n) is 10.8. The van der Waals surface area contributed by atoms with Crippen LogP contribution in [-0.2, 0) is 17.8 Å². The van der Waals surface area contributed by atoms with E-state index in [1.165, 1.54) is 0 Å². The van der Waals surface area contributed by atoms with Crippen molar-refractivity contribution in [3.8, 4) is 5.75 Å². The van der Waals surface area contributed by atoms with E-state index in [1.54, 1.807) is 12.4 Å². The van der Waals surface area contributed by atoms with Crippen LogP contribution < -0.4 is 10.1 Å². The molecule has 5 heteroatoms. The van der Waals surface area contributed by atoms with Crippen LogP contribution in [0.3, 0.4) is 0 Å². The maximum atomic E-state index is 11.7. The molecule has 1 aromatic heterocycles. The second-order valence-electron chi connectivity index (χ2n) is 4.07. The highest BCUT2D eigenvalue weighted by atomic mass is 16.5. The molecule has 1 aromatic carbocycles. The van der Waals surface area contributed by atoms with Gasteiger partial charge in [0.1, 0.15) is 11.6 Å². The Labute approximate surface area is 112 Å². The lowest BCUT2D eigenvalue weighted by molar-refractivity contribution is -0.120. The highest BCUT2D eigenvalue weighted by Gasteiger charge is 2.04. The molecular formula is C14H17N3O2. The number of carbonyl (C=O) groups excluding carboxylic acids is 1. The molecule has 1 amide bonds. The molecule has 2 rings (SSSR count). The number of rotatable bonds is 6. The van der Waals surface area contributed by atoms with Crippen molar-refractivity contribution in [1.82, 2.24) is 15.3 Å². The number of aromatic nitrogens is 2. The van der Waals surface area contributed by atoms with Gasteiger partial charge in [-0.25, -0.2) is 4.98 Å². The van der Waals surface area contributed by atoms with Crippen LogP contribution in [0.4, 0.5) is 0 Å². The van der Waals surface area contributed by atoms with E-state index in [0.717, 1.165) is 17.1 Å². The Hall–Kier alpha value is -2.30. The molecule has 0 saturated heterocycles. The molecule has 1 heterocycles. The Morgan fingerprint density at radius 2 is 2.16 bits per heavy atom. The summed E-state index contributed by atoms with van der Waals surface area (Å²) in [4.78, 5) is 18.7. The molecule has 0 aliphatic heterocycles. The minimum absolute atomic E-state index is 0.0273. The van der Waals surface area contributed by atoms with Gasteiger partial charge in [-0.1, -0.05) is 12.1 Å². The Bertz CT molecular complexity index is 506. The summed E-state index contributed by atoms with van der Waals surface area (Å²) in [5, 5.41) is 2.81. The molecule has 2 aromatic rings. The van der Waals surface area contributed by atoms with Gasteiger partial charge >= 0.3 is 0 Å². The number of nitrogens with one attached hydrogen (secondary N) is 2. The van der Waals surface area contributed by atoms with Crippen molar-refractivity contribution in [3.63, 3.8) is 0 Å². The van der Waals surface area contributed by atoms with E-state index in [1.807, 2.05) is 31.2 Å². The van der Waals surface area contributed by atoms with Crippen LogP contribution in [0.15, 0.2) is 36.7 Å². The highest BCUT2D eigenvalue weighted by molar-refractivity contribution is 5.78. The van der Waals surface area contributed by atoms with E-state index in [0.29, 0.717) is 19.6 Å². The second kappa shape index (κ2) is 6.58.